The summed E-state index contributed by atoms with van der Waals surface area (Å²) in [6.45, 7) is 3.37. The summed E-state index contributed by atoms with van der Waals surface area (Å²) >= 11 is 5.81. The number of Topliss-reactive ketones (excluding diaryl/α,β-unsaturated/α-hetero) is 1. The predicted molar refractivity (Wildman–Crippen MR) is 102 cm³/mol. The summed E-state index contributed by atoms with van der Waals surface area (Å²) in [6, 6.07) is 13.7. The summed E-state index contributed by atoms with van der Waals surface area (Å²) < 4.78 is 0. The maximum atomic E-state index is 12.1. The van der Waals surface area contributed by atoms with E-state index in [9.17, 15) is 14.4 Å². The van der Waals surface area contributed by atoms with Crippen molar-refractivity contribution in [1.82, 2.24) is 5.32 Å². The monoisotopic (exact) mass is 370 g/mol. The van der Waals surface area contributed by atoms with E-state index in [-0.39, 0.29) is 23.2 Å². The van der Waals surface area contributed by atoms with Crippen molar-refractivity contribution in [3.63, 3.8) is 0 Å². The molecule has 2 aromatic carbocycles. The van der Waals surface area contributed by atoms with Crippen molar-refractivity contribution in [1.29, 1.82) is 0 Å². The predicted octanol–water partition coefficient (Wildman–Crippen LogP) is 3.74. The molecule has 2 N–H and O–H groups in total. The molecule has 0 aliphatic heterocycles. The van der Waals surface area contributed by atoms with Crippen molar-refractivity contribution in [3.8, 4) is 0 Å². The molecule has 2 rings (SSSR count). The van der Waals surface area contributed by atoms with Crippen LogP contribution in [0.3, 0.4) is 0 Å². The van der Waals surface area contributed by atoms with Crippen molar-refractivity contribution >= 4 is 34.9 Å². The Hall–Kier alpha value is -2.92. The van der Waals surface area contributed by atoms with Gasteiger partial charge in [-0.3, -0.25) is 14.4 Å². The Morgan fingerprint density at radius 1 is 0.962 bits per heavy atom. The molecule has 0 heterocycles. The van der Waals surface area contributed by atoms with Crippen LogP contribution in [0.2, 0.25) is 5.02 Å². The summed E-state index contributed by atoms with van der Waals surface area (Å²) in [7, 11) is 0. The molecule has 0 saturated heterocycles. The maximum Gasteiger partial charge on any atom is 0.251 e. The van der Waals surface area contributed by atoms with Crippen molar-refractivity contribution < 1.29 is 14.4 Å². The number of rotatable bonds is 6. The normalized spacial score (nSPS) is 11.0. The van der Waals surface area contributed by atoms with Gasteiger partial charge in [0.2, 0.25) is 5.91 Å². The number of benzene rings is 2. The van der Waals surface area contributed by atoms with Crippen molar-refractivity contribution in [3.05, 3.63) is 76.3 Å². The summed E-state index contributed by atoms with van der Waals surface area (Å²) in [6.07, 6.45) is 1.25. The summed E-state index contributed by atoms with van der Waals surface area (Å²) in [5.41, 5.74) is 2.30. The summed E-state index contributed by atoms with van der Waals surface area (Å²) in [5, 5.41) is 6.02. The lowest BCUT2D eigenvalue weighted by atomic mass is 10.1. The molecule has 0 radical (unpaired) electrons. The Labute approximate surface area is 157 Å². The second kappa shape index (κ2) is 8.97. The van der Waals surface area contributed by atoms with Gasteiger partial charge in [0.15, 0.2) is 5.78 Å². The third-order valence-corrected chi connectivity index (χ3v) is 3.89. The molecule has 0 aliphatic rings. The Morgan fingerprint density at radius 3 is 2.15 bits per heavy atom. The fraction of sp³-hybridized carbons (Fsp3) is 0.150. The quantitative estimate of drug-likeness (QED) is 0.600. The van der Waals surface area contributed by atoms with Crippen LogP contribution in [0.5, 0.6) is 0 Å². The minimum absolute atomic E-state index is 0.0451. The molecule has 134 valence electrons. The number of hydrogen-bond acceptors (Lipinski definition) is 3. The molecule has 0 fully saturated rings. The number of amides is 2. The van der Waals surface area contributed by atoms with Crippen LogP contribution >= 0.6 is 11.6 Å². The second-order valence-corrected chi connectivity index (χ2v) is 6.20. The number of carbonyl (C=O) groups is 3. The zero-order valence-electron chi connectivity index (χ0n) is 14.5. The van der Waals surface area contributed by atoms with Gasteiger partial charge in [0.05, 0.1) is 0 Å². The minimum atomic E-state index is -0.387. The first-order valence-corrected chi connectivity index (χ1v) is 8.36. The van der Waals surface area contributed by atoms with Crippen LogP contribution in [0.1, 0.15) is 29.8 Å². The van der Waals surface area contributed by atoms with Crippen molar-refractivity contribution in [2.24, 2.45) is 0 Å². The van der Waals surface area contributed by atoms with Gasteiger partial charge in [0.1, 0.15) is 0 Å². The highest BCUT2D eigenvalue weighted by molar-refractivity contribution is 6.30. The third-order valence-electron chi connectivity index (χ3n) is 3.64. The molecule has 0 spiro atoms. The van der Waals surface area contributed by atoms with E-state index in [1.165, 1.54) is 13.0 Å². The summed E-state index contributed by atoms with van der Waals surface area (Å²) in [4.78, 5) is 35.3. The van der Waals surface area contributed by atoms with Crippen molar-refractivity contribution in [2.45, 2.75) is 20.4 Å². The number of anilines is 1. The first-order chi connectivity index (χ1) is 12.3. The Bertz CT molecular complexity index is 840. The lowest BCUT2D eigenvalue weighted by Crippen LogP contribution is -2.22. The smallest absolute Gasteiger partial charge is 0.251 e. The number of carbonyl (C=O) groups excluding carboxylic acids is 3. The SMILES string of the molecule is CC(=O)c1ccc(NC(=O)/C(C)=C\C(=O)NCc2ccc(Cl)cc2)cc1. The number of halogens is 1. The third kappa shape index (κ3) is 5.86. The van der Waals surface area contributed by atoms with Crippen LogP contribution in [-0.2, 0) is 16.1 Å². The lowest BCUT2D eigenvalue weighted by molar-refractivity contribution is -0.117. The highest BCUT2D eigenvalue weighted by Crippen LogP contribution is 2.12. The molecule has 2 amide bonds. The fourth-order valence-corrected chi connectivity index (χ4v) is 2.25. The van der Waals surface area contributed by atoms with Gasteiger partial charge in [0, 0.05) is 34.5 Å². The zero-order valence-corrected chi connectivity index (χ0v) is 15.3. The molecule has 0 atom stereocenters. The fourth-order valence-electron chi connectivity index (χ4n) is 2.12. The van der Waals surface area contributed by atoms with Crippen LogP contribution in [0.15, 0.2) is 60.2 Å². The van der Waals surface area contributed by atoms with E-state index in [4.69, 9.17) is 11.6 Å². The minimum Gasteiger partial charge on any atom is -0.348 e. The van der Waals surface area contributed by atoms with E-state index < -0.39 is 0 Å². The van der Waals surface area contributed by atoms with Crippen LogP contribution < -0.4 is 10.6 Å². The molecule has 0 aromatic heterocycles. The number of ketones is 1. The molecule has 6 heteroatoms. The Balaban J connectivity index is 1.90. The molecule has 0 unspecified atom stereocenters. The molecule has 2 aromatic rings. The van der Waals surface area contributed by atoms with E-state index in [0.717, 1.165) is 5.56 Å². The average molecular weight is 371 g/mol. The second-order valence-electron chi connectivity index (χ2n) is 5.76. The first kappa shape index (κ1) is 19.4. The Kier molecular flexibility index (Phi) is 6.69. The summed E-state index contributed by atoms with van der Waals surface area (Å²) in [5.74, 6) is -0.793. The number of hydrogen-bond donors (Lipinski definition) is 2. The Morgan fingerprint density at radius 2 is 1.58 bits per heavy atom. The molecule has 26 heavy (non-hydrogen) atoms. The van der Waals surface area contributed by atoms with Gasteiger partial charge < -0.3 is 10.6 Å². The van der Waals surface area contributed by atoms with E-state index in [1.54, 1.807) is 43.3 Å². The molecular weight excluding hydrogens is 352 g/mol. The van der Waals surface area contributed by atoms with Crippen LogP contribution in [0, 0.1) is 0 Å². The van der Waals surface area contributed by atoms with Gasteiger partial charge in [-0.25, -0.2) is 0 Å². The lowest BCUT2D eigenvalue weighted by Gasteiger charge is -2.07. The van der Waals surface area contributed by atoms with Gasteiger partial charge in [-0.05, 0) is 55.8 Å². The van der Waals surface area contributed by atoms with Gasteiger partial charge in [0.25, 0.3) is 5.91 Å². The molecule has 0 saturated carbocycles. The average Bonchev–Trinajstić information content (AvgIpc) is 2.61. The highest BCUT2D eigenvalue weighted by atomic mass is 35.5. The zero-order chi connectivity index (χ0) is 19.1. The maximum absolute atomic E-state index is 12.1. The van der Waals surface area contributed by atoms with Crippen molar-refractivity contribution in [2.75, 3.05) is 5.32 Å². The van der Waals surface area contributed by atoms with Gasteiger partial charge in [-0.1, -0.05) is 23.7 Å². The standard InChI is InChI=1S/C20H19ClN2O3/c1-13(11-19(25)22-12-15-3-7-17(21)8-4-15)20(26)23-18-9-5-16(6-10-18)14(2)24/h3-11H,12H2,1-2H3,(H,22,25)(H,23,26)/b13-11-. The van der Waals surface area contributed by atoms with E-state index in [0.29, 0.717) is 22.8 Å². The van der Waals surface area contributed by atoms with E-state index >= 15 is 0 Å². The van der Waals surface area contributed by atoms with Crippen LogP contribution in [0.4, 0.5) is 5.69 Å². The molecule has 5 nitrogen and oxygen atoms in total. The van der Waals surface area contributed by atoms with Crippen LogP contribution in [0.25, 0.3) is 0 Å². The molecule has 0 bridgehead atoms. The first-order valence-electron chi connectivity index (χ1n) is 7.98. The topological polar surface area (TPSA) is 75.3 Å². The molecular formula is C20H19ClN2O3. The number of nitrogens with one attached hydrogen (secondary N) is 2. The van der Waals surface area contributed by atoms with Gasteiger partial charge >= 0.3 is 0 Å². The van der Waals surface area contributed by atoms with Crippen LogP contribution in [-0.4, -0.2) is 17.6 Å². The largest absolute Gasteiger partial charge is 0.348 e. The van der Waals surface area contributed by atoms with E-state index in [2.05, 4.69) is 10.6 Å². The van der Waals surface area contributed by atoms with Gasteiger partial charge in [-0.2, -0.15) is 0 Å². The highest BCUT2D eigenvalue weighted by Gasteiger charge is 2.08. The molecule has 0 aliphatic carbocycles. The van der Waals surface area contributed by atoms with Gasteiger partial charge in [-0.15, -0.1) is 0 Å². The van der Waals surface area contributed by atoms with E-state index in [1.807, 2.05) is 12.1 Å².